The van der Waals surface area contributed by atoms with Crippen molar-refractivity contribution < 1.29 is 9.53 Å². The van der Waals surface area contributed by atoms with Crippen molar-refractivity contribution in [1.29, 1.82) is 0 Å². The highest BCUT2D eigenvalue weighted by atomic mass is 16.5. The number of hydrogen-bond acceptors (Lipinski definition) is 5. The molecule has 2 aromatic rings. The Morgan fingerprint density at radius 3 is 2.63 bits per heavy atom. The molecule has 0 fully saturated rings. The van der Waals surface area contributed by atoms with Crippen molar-refractivity contribution in [1.82, 2.24) is 15.0 Å². The molecule has 19 heavy (non-hydrogen) atoms. The van der Waals surface area contributed by atoms with E-state index in [0.29, 0.717) is 5.69 Å². The van der Waals surface area contributed by atoms with E-state index in [9.17, 15) is 14.4 Å². The maximum Gasteiger partial charge on any atom is 0.340 e. The van der Waals surface area contributed by atoms with Crippen LogP contribution in [0.3, 0.4) is 0 Å². The van der Waals surface area contributed by atoms with Crippen LogP contribution >= 0.6 is 0 Å². The highest BCUT2D eigenvalue weighted by Crippen LogP contribution is 2.12. The Balaban J connectivity index is 2.65. The van der Waals surface area contributed by atoms with Crippen molar-refractivity contribution >= 4 is 17.0 Å². The van der Waals surface area contributed by atoms with Crippen LogP contribution in [0.4, 0.5) is 0 Å². The van der Waals surface area contributed by atoms with E-state index in [0.717, 1.165) is 0 Å². The predicted molar refractivity (Wildman–Crippen MR) is 68.3 cm³/mol. The summed E-state index contributed by atoms with van der Waals surface area (Å²) in [6.07, 6.45) is -0.267. The quantitative estimate of drug-likeness (QED) is 0.767. The molecule has 2 N–H and O–H groups in total. The van der Waals surface area contributed by atoms with Crippen molar-refractivity contribution in [3.8, 4) is 0 Å². The SMILES string of the molecule is Cc1nc2[nH]c(=O)[nH]c(=O)c2cc1C(=O)OC(C)C. The first-order valence-corrected chi connectivity index (χ1v) is 5.73. The lowest BCUT2D eigenvalue weighted by Crippen LogP contribution is -2.23. The van der Waals surface area contributed by atoms with E-state index in [1.165, 1.54) is 6.07 Å². The molecule has 100 valence electrons. The summed E-state index contributed by atoms with van der Waals surface area (Å²) in [5, 5.41) is 0.140. The molecule has 0 aromatic carbocycles. The zero-order valence-corrected chi connectivity index (χ0v) is 10.7. The van der Waals surface area contributed by atoms with E-state index in [1.807, 2.05) is 0 Å². The first kappa shape index (κ1) is 13.0. The first-order valence-electron chi connectivity index (χ1n) is 5.73. The van der Waals surface area contributed by atoms with Crippen LogP contribution < -0.4 is 11.2 Å². The standard InChI is InChI=1S/C12H13N3O4/c1-5(2)19-11(17)7-4-8-9(13-6(7)3)14-12(18)15-10(8)16/h4-5H,1-3H3,(H2,13,14,15,16,18). The summed E-state index contributed by atoms with van der Waals surface area (Å²) in [6, 6.07) is 1.37. The molecule has 7 nitrogen and oxygen atoms in total. The van der Waals surface area contributed by atoms with Crippen LogP contribution in [0, 0.1) is 6.92 Å². The van der Waals surface area contributed by atoms with Crippen molar-refractivity contribution in [3.05, 3.63) is 38.2 Å². The summed E-state index contributed by atoms with van der Waals surface area (Å²) in [7, 11) is 0. The minimum atomic E-state index is -0.637. The van der Waals surface area contributed by atoms with Gasteiger partial charge in [-0.05, 0) is 26.8 Å². The van der Waals surface area contributed by atoms with Gasteiger partial charge in [0.25, 0.3) is 5.56 Å². The van der Waals surface area contributed by atoms with Gasteiger partial charge in [-0.2, -0.15) is 0 Å². The molecule has 0 saturated carbocycles. The Morgan fingerprint density at radius 1 is 1.32 bits per heavy atom. The van der Waals surface area contributed by atoms with Gasteiger partial charge in [-0.3, -0.25) is 14.8 Å². The van der Waals surface area contributed by atoms with Gasteiger partial charge in [0.1, 0.15) is 5.65 Å². The van der Waals surface area contributed by atoms with Gasteiger partial charge in [0.15, 0.2) is 0 Å². The smallest absolute Gasteiger partial charge is 0.340 e. The normalized spacial score (nSPS) is 10.9. The van der Waals surface area contributed by atoms with Gasteiger partial charge >= 0.3 is 11.7 Å². The van der Waals surface area contributed by atoms with Crippen LogP contribution in [0.1, 0.15) is 29.9 Å². The topological polar surface area (TPSA) is 105 Å². The number of fused-ring (bicyclic) bond motifs is 1. The highest BCUT2D eigenvalue weighted by molar-refractivity contribution is 5.94. The molecule has 2 aromatic heterocycles. The lowest BCUT2D eigenvalue weighted by molar-refractivity contribution is 0.0376. The number of esters is 1. The van der Waals surface area contributed by atoms with Crippen LogP contribution in [0.15, 0.2) is 15.7 Å². The van der Waals surface area contributed by atoms with Gasteiger partial charge in [-0.15, -0.1) is 0 Å². The van der Waals surface area contributed by atoms with Gasteiger partial charge in [-0.1, -0.05) is 0 Å². The van der Waals surface area contributed by atoms with Crippen molar-refractivity contribution in [2.24, 2.45) is 0 Å². The molecule has 0 aliphatic heterocycles. The van der Waals surface area contributed by atoms with Crippen LogP contribution in [0.5, 0.6) is 0 Å². The molecule has 0 spiro atoms. The number of H-pyrrole nitrogens is 2. The number of carbonyl (C=O) groups is 1. The number of carbonyl (C=O) groups excluding carboxylic acids is 1. The van der Waals surface area contributed by atoms with Gasteiger partial charge in [-0.25, -0.2) is 14.6 Å². The van der Waals surface area contributed by atoms with E-state index >= 15 is 0 Å². The second kappa shape index (κ2) is 4.68. The zero-order chi connectivity index (χ0) is 14.2. The zero-order valence-electron chi connectivity index (χ0n) is 10.7. The van der Waals surface area contributed by atoms with E-state index in [4.69, 9.17) is 4.74 Å². The number of nitrogens with one attached hydrogen (secondary N) is 2. The number of rotatable bonds is 2. The average molecular weight is 263 g/mol. The maximum atomic E-state index is 11.9. The average Bonchev–Trinajstić information content (AvgIpc) is 2.26. The lowest BCUT2D eigenvalue weighted by atomic mass is 10.1. The molecule has 0 aliphatic carbocycles. The largest absolute Gasteiger partial charge is 0.459 e. The summed E-state index contributed by atoms with van der Waals surface area (Å²) in [5.74, 6) is -0.549. The molecule has 0 aliphatic rings. The van der Waals surface area contributed by atoms with Crippen molar-refractivity contribution in [2.75, 3.05) is 0 Å². The summed E-state index contributed by atoms with van der Waals surface area (Å²) in [6.45, 7) is 5.06. The van der Waals surface area contributed by atoms with Gasteiger partial charge in [0.05, 0.1) is 22.7 Å². The minimum Gasteiger partial charge on any atom is -0.459 e. The third-order valence-corrected chi connectivity index (χ3v) is 2.48. The van der Waals surface area contributed by atoms with Crippen LogP contribution in [-0.4, -0.2) is 27.0 Å². The number of nitrogens with zero attached hydrogens (tertiary/aromatic N) is 1. The Morgan fingerprint density at radius 2 is 2.00 bits per heavy atom. The monoisotopic (exact) mass is 263 g/mol. The van der Waals surface area contributed by atoms with Crippen molar-refractivity contribution in [2.45, 2.75) is 26.9 Å². The van der Waals surface area contributed by atoms with Crippen LogP contribution in [0.25, 0.3) is 11.0 Å². The number of aromatic amines is 2. The molecule has 0 bridgehead atoms. The van der Waals surface area contributed by atoms with E-state index < -0.39 is 17.2 Å². The number of hydrogen-bond donors (Lipinski definition) is 2. The van der Waals surface area contributed by atoms with Gasteiger partial charge < -0.3 is 4.74 Å². The van der Waals surface area contributed by atoms with Crippen LogP contribution in [0.2, 0.25) is 0 Å². The molecular weight excluding hydrogens is 250 g/mol. The van der Waals surface area contributed by atoms with E-state index in [1.54, 1.807) is 20.8 Å². The molecule has 7 heteroatoms. The van der Waals surface area contributed by atoms with E-state index in [2.05, 4.69) is 15.0 Å². The Labute approximate surface area is 107 Å². The Bertz CT molecular complexity index is 758. The second-order valence-corrected chi connectivity index (χ2v) is 4.38. The van der Waals surface area contributed by atoms with Crippen molar-refractivity contribution in [3.63, 3.8) is 0 Å². The highest BCUT2D eigenvalue weighted by Gasteiger charge is 2.16. The first-order chi connectivity index (χ1) is 8.88. The summed E-state index contributed by atoms with van der Waals surface area (Å²) in [4.78, 5) is 43.2. The molecule has 2 rings (SSSR count). The molecule has 2 heterocycles. The molecule has 0 amide bonds. The van der Waals surface area contributed by atoms with Gasteiger partial charge in [0.2, 0.25) is 0 Å². The second-order valence-electron chi connectivity index (χ2n) is 4.38. The number of ether oxygens (including phenoxy) is 1. The molecule has 0 atom stereocenters. The fourth-order valence-electron chi connectivity index (χ4n) is 1.67. The maximum absolute atomic E-state index is 11.9. The van der Waals surface area contributed by atoms with Crippen LogP contribution in [-0.2, 0) is 4.74 Å². The third kappa shape index (κ3) is 2.54. The fourth-order valence-corrected chi connectivity index (χ4v) is 1.67. The number of aromatic nitrogens is 3. The predicted octanol–water partition coefficient (Wildman–Crippen LogP) is 0.485. The third-order valence-electron chi connectivity index (χ3n) is 2.48. The molecular formula is C12H13N3O4. The molecule has 0 saturated heterocycles. The van der Waals surface area contributed by atoms with E-state index in [-0.39, 0.29) is 22.7 Å². The van der Waals surface area contributed by atoms with Gasteiger partial charge in [0, 0.05) is 0 Å². The lowest BCUT2D eigenvalue weighted by Gasteiger charge is -2.09. The summed E-state index contributed by atoms with van der Waals surface area (Å²) in [5.41, 5.74) is -0.489. The fraction of sp³-hybridized carbons (Fsp3) is 0.333. The number of aryl methyl sites for hydroxylation is 1. The summed E-state index contributed by atoms with van der Waals surface area (Å²) < 4.78 is 5.07. The minimum absolute atomic E-state index is 0.140. The Kier molecular flexibility index (Phi) is 3.20. The molecule has 0 unspecified atom stereocenters. The summed E-state index contributed by atoms with van der Waals surface area (Å²) >= 11 is 0. The number of pyridine rings is 1. The Hall–Kier alpha value is -2.44. The molecule has 0 radical (unpaired) electrons.